The zero-order valence-electron chi connectivity index (χ0n) is 7.61. The molecule has 0 unspecified atom stereocenters. The van der Waals surface area contributed by atoms with Crippen LogP contribution in [0, 0.1) is 5.41 Å². The Labute approximate surface area is 68.3 Å². The molecular weight excluding hydrogens is 140 g/mol. The molecule has 0 spiro atoms. The third-order valence-electron chi connectivity index (χ3n) is 2.45. The summed E-state index contributed by atoms with van der Waals surface area (Å²) in [7, 11) is 1.65. The molecule has 0 aliphatic rings. The molecular formula is C8H18N2O. The molecule has 0 aromatic carbocycles. The zero-order chi connectivity index (χ0) is 8.91. The van der Waals surface area contributed by atoms with Crippen molar-refractivity contribution in [2.75, 3.05) is 13.6 Å². The van der Waals surface area contributed by atoms with Crippen LogP contribution in [0.4, 0.5) is 0 Å². The maximum absolute atomic E-state index is 11.3. The van der Waals surface area contributed by atoms with Gasteiger partial charge in [-0.05, 0) is 12.8 Å². The number of carbonyl (C=O) groups excluding carboxylic acids is 1. The summed E-state index contributed by atoms with van der Waals surface area (Å²) in [6, 6.07) is 0. The van der Waals surface area contributed by atoms with Gasteiger partial charge in [-0.25, -0.2) is 0 Å². The van der Waals surface area contributed by atoms with Gasteiger partial charge in [0, 0.05) is 13.6 Å². The number of nitrogens with two attached hydrogens (primary N) is 1. The summed E-state index contributed by atoms with van der Waals surface area (Å²) in [6.07, 6.45) is 1.61. The van der Waals surface area contributed by atoms with Crippen LogP contribution in [0.3, 0.4) is 0 Å². The minimum Gasteiger partial charge on any atom is -0.359 e. The molecule has 0 atom stereocenters. The predicted octanol–water partition coefficient (Wildman–Crippen LogP) is 0.497. The Bertz CT molecular complexity index is 122. The summed E-state index contributed by atoms with van der Waals surface area (Å²) in [5.74, 6) is 0.0602. The molecule has 0 aromatic heterocycles. The Morgan fingerprint density at radius 1 is 1.45 bits per heavy atom. The molecule has 0 rings (SSSR count). The first kappa shape index (κ1) is 10.4. The molecule has 0 aromatic rings. The maximum Gasteiger partial charge on any atom is 0.227 e. The van der Waals surface area contributed by atoms with Crippen molar-refractivity contribution in [1.82, 2.24) is 5.32 Å². The van der Waals surface area contributed by atoms with E-state index in [1.807, 2.05) is 13.8 Å². The summed E-state index contributed by atoms with van der Waals surface area (Å²) >= 11 is 0. The summed E-state index contributed by atoms with van der Waals surface area (Å²) in [6.45, 7) is 4.41. The van der Waals surface area contributed by atoms with E-state index < -0.39 is 0 Å². The van der Waals surface area contributed by atoms with Gasteiger partial charge in [-0.1, -0.05) is 13.8 Å². The van der Waals surface area contributed by atoms with Gasteiger partial charge in [0.1, 0.15) is 0 Å². The first-order valence-electron chi connectivity index (χ1n) is 4.09. The molecule has 3 heteroatoms. The van der Waals surface area contributed by atoms with E-state index in [9.17, 15) is 4.79 Å². The molecule has 0 aliphatic heterocycles. The highest BCUT2D eigenvalue weighted by Gasteiger charge is 2.31. The SMILES string of the molecule is CCC(CC)(CN)C(=O)NC. The van der Waals surface area contributed by atoms with Crippen molar-refractivity contribution in [3.63, 3.8) is 0 Å². The van der Waals surface area contributed by atoms with E-state index in [1.54, 1.807) is 7.05 Å². The molecule has 0 bridgehead atoms. The lowest BCUT2D eigenvalue weighted by Gasteiger charge is -2.27. The third kappa shape index (κ3) is 1.93. The zero-order valence-corrected chi connectivity index (χ0v) is 7.61. The second kappa shape index (κ2) is 4.34. The quantitative estimate of drug-likeness (QED) is 0.626. The van der Waals surface area contributed by atoms with Crippen LogP contribution in [0.2, 0.25) is 0 Å². The molecule has 1 amide bonds. The number of rotatable bonds is 4. The van der Waals surface area contributed by atoms with Crippen molar-refractivity contribution in [2.45, 2.75) is 26.7 Å². The maximum atomic E-state index is 11.3. The summed E-state index contributed by atoms with van der Waals surface area (Å²) in [5, 5.41) is 2.64. The van der Waals surface area contributed by atoms with Crippen LogP contribution in [-0.4, -0.2) is 19.5 Å². The molecule has 11 heavy (non-hydrogen) atoms. The van der Waals surface area contributed by atoms with Crippen LogP contribution < -0.4 is 11.1 Å². The van der Waals surface area contributed by atoms with Gasteiger partial charge in [0.25, 0.3) is 0 Å². The van der Waals surface area contributed by atoms with E-state index in [2.05, 4.69) is 5.32 Å². The van der Waals surface area contributed by atoms with Crippen molar-refractivity contribution in [1.29, 1.82) is 0 Å². The van der Waals surface area contributed by atoms with Gasteiger partial charge in [-0.15, -0.1) is 0 Å². The Morgan fingerprint density at radius 2 is 1.91 bits per heavy atom. The van der Waals surface area contributed by atoms with Gasteiger partial charge in [0.05, 0.1) is 5.41 Å². The second-order valence-corrected chi connectivity index (χ2v) is 2.77. The van der Waals surface area contributed by atoms with Crippen LogP contribution in [0.25, 0.3) is 0 Å². The Kier molecular flexibility index (Phi) is 4.11. The molecule has 0 saturated carbocycles. The molecule has 3 nitrogen and oxygen atoms in total. The lowest BCUT2D eigenvalue weighted by atomic mass is 9.81. The van der Waals surface area contributed by atoms with Crippen molar-refractivity contribution in [3.8, 4) is 0 Å². The molecule has 0 heterocycles. The molecule has 0 fully saturated rings. The van der Waals surface area contributed by atoms with Crippen molar-refractivity contribution in [3.05, 3.63) is 0 Å². The van der Waals surface area contributed by atoms with Gasteiger partial charge >= 0.3 is 0 Å². The number of carbonyl (C=O) groups is 1. The highest BCUT2D eigenvalue weighted by molar-refractivity contribution is 5.82. The van der Waals surface area contributed by atoms with Crippen LogP contribution >= 0.6 is 0 Å². The minimum absolute atomic E-state index is 0.0602. The first-order chi connectivity index (χ1) is 5.16. The van der Waals surface area contributed by atoms with Crippen LogP contribution in [0.15, 0.2) is 0 Å². The lowest BCUT2D eigenvalue weighted by molar-refractivity contribution is -0.130. The second-order valence-electron chi connectivity index (χ2n) is 2.77. The minimum atomic E-state index is -0.339. The van der Waals surface area contributed by atoms with E-state index in [0.29, 0.717) is 6.54 Å². The molecule has 0 aliphatic carbocycles. The normalized spacial score (nSPS) is 11.3. The summed E-state index contributed by atoms with van der Waals surface area (Å²) < 4.78 is 0. The topological polar surface area (TPSA) is 55.1 Å². The highest BCUT2D eigenvalue weighted by atomic mass is 16.2. The van der Waals surface area contributed by atoms with E-state index in [0.717, 1.165) is 12.8 Å². The monoisotopic (exact) mass is 158 g/mol. The van der Waals surface area contributed by atoms with Crippen LogP contribution in [0.5, 0.6) is 0 Å². The first-order valence-corrected chi connectivity index (χ1v) is 4.09. The third-order valence-corrected chi connectivity index (χ3v) is 2.45. The van der Waals surface area contributed by atoms with Gasteiger partial charge < -0.3 is 11.1 Å². The van der Waals surface area contributed by atoms with Crippen LogP contribution in [0.1, 0.15) is 26.7 Å². The van der Waals surface area contributed by atoms with E-state index in [-0.39, 0.29) is 11.3 Å². The molecule has 0 saturated heterocycles. The Hall–Kier alpha value is -0.570. The smallest absolute Gasteiger partial charge is 0.227 e. The molecule has 3 N–H and O–H groups in total. The molecule has 0 radical (unpaired) electrons. The largest absolute Gasteiger partial charge is 0.359 e. The fourth-order valence-electron chi connectivity index (χ4n) is 1.22. The number of hydrogen-bond acceptors (Lipinski definition) is 2. The Balaban J connectivity index is 4.39. The van der Waals surface area contributed by atoms with Crippen LogP contribution in [-0.2, 0) is 4.79 Å². The van der Waals surface area contributed by atoms with E-state index >= 15 is 0 Å². The van der Waals surface area contributed by atoms with E-state index in [4.69, 9.17) is 5.73 Å². The number of hydrogen-bond donors (Lipinski definition) is 2. The standard InChI is InChI=1S/C8H18N2O/c1-4-8(5-2,6-9)7(11)10-3/h4-6,9H2,1-3H3,(H,10,11). The summed E-state index contributed by atoms with van der Waals surface area (Å²) in [4.78, 5) is 11.3. The molecule has 66 valence electrons. The van der Waals surface area contributed by atoms with Gasteiger partial charge in [0.2, 0.25) is 5.91 Å². The predicted molar refractivity (Wildman–Crippen MR) is 46.1 cm³/mol. The average molecular weight is 158 g/mol. The fourth-order valence-corrected chi connectivity index (χ4v) is 1.22. The highest BCUT2D eigenvalue weighted by Crippen LogP contribution is 2.24. The van der Waals surface area contributed by atoms with Crippen molar-refractivity contribution >= 4 is 5.91 Å². The van der Waals surface area contributed by atoms with Gasteiger partial charge in [0.15, 0.2) is 0 Å². The number of amides is 1. The van der Waals surface area contributed by atoms with Crippen molar-refractivity contribution in [2.24, 2.45) is 11.1 Å². The Morgan fingerprint density at radius 3 is 2.00 bits per heavy atom. The van der Waals surface area contributed by atoms with Gasteiger partial charge in [-0.2, -0.15) is 0 Å². The van der Waals surface area contributed by atoms with E-state index in [1.165, 1.54) is 0 Å². The lowest BCUT2D eigenvalue weighted by Crippen LogP contribution is -2.43. The van der Waals surface area contributed by atoms with Gasteiger partial charge in [-0.3, -0.25) is 4.79 Å². The fraction of sp³-hybridized carbons (Fsp3) is 0.875. The van der Waals surface area contributed by atoms with Crippen molar-refractivity contribution < 1.29 is 4.79 Å². The average Bonchev–Trinajstić information content (AvgIpc) is 2.08. The number of nitrogens with one attached hydrogen (secondary N) is 1. The summed E-state index contributed by atoms with van der Waals surface area (Å²) in [5.41, 5.74) is 5.21.